The van der Waals surface area contributed by atoms with E-state index in [0.717, 1.165) is 6.42 Å². The minimum absolute atomic E-state index is 0.0900. The first-order valence-corrected chi connectivity index (χ1v) is 6.82. The van der Waals surface area contributed by atoms with Crippen LogP contribution in [0.1, 0.15) is 48.0 Å². The van der Waals surface area contributed by atoms with Crippen LogP contribution in [0.2, 0.25) is 0 Å². The Morgan fingerprint density at radius 2 is 1.71 bits per heavy atom. The fourth-order valence-electron chi connectivity index (χ4n) is 2.10. The summed E-state index contributed by atoms with van der Waals surface area (Å²) in [6, 6.07) is 0. The number of ether oxygens (including phenoxy) is 3. The standard InChI is InChI=1S/C14H28O3/c1-9(2)12-7-13(16-11(5)6)14(17-12)8-15-10(3)4/h9-14H,7-8H2,1-6H3/t12-,13?,14-/m1/s1. The van der Waals surface area contributed by atoms with Crippen molar-refractivity contribution in [2.75, 3.05) is 6.61 Å². The van der Waals surface area contributed by atoms with Crippen molar-refractivity contribution in [2.24, 2.45) is 5.92 Å². The lowest BCUT2D eigenvalue weighted by molar-refractivity contribution is -0.0909. The molecule has 0 amide bonds. The molecule has 0 radical (unpaired) electrons. The molecule has 0 aromatic heterocycles. The Morgan fingerprint density at radius 3 is 2.18 bits per heavy atom. The van der Waals surface area contributed by atoms with E-state index in [1.54, 1.807) is 0 Å². The molecule has 3 nitrogen and oxygen atoms in total. The minimum atomic E-state index is 0.0900. The molecule has 17 heavy (non-hydrogen) atoms. The summed E-state index contributed by atoms with van der Waals surface area (Å²) in [6.45, 7) is 13.3. The van der Waals surface area contributed by atoms with Crippen LogP contribution in [0.5, 0.6) is 0 Å². The summed E-state index contributed by atoms with van der Waals surface area (Å²) in [6.07, 6.45) is 2.06. The second-order valence-corrected chi connectivity index (χ2v) is 5.80. The van der Waals surface area contributed by atoms with Crippen LogP contribution in [0.4, 0.5) is 0 Å². The van der Waals surface area contributed by atoms with E-state index < -0.39 is 0 Å². The van der Waals surface area contributed by atoms with Crippen LogP contribution in [0, 0.1) is 5.92 Å². The fraction of sp³-hybridized carbons (Fsp3) is 1.00. The van der Waals surface area contributed by atoms with Gasteiger partial charge in [-0.15, -0.1) is 0 Å². The first-order chi connectivity index (χ1) is 7.90. The van der Waals surface area contributed by atoms with Gasteiger partial charge in [0, 0.05) is 6.42 Å². The molecule has 0 N–H and O–H groups in total. The Bertz CT molecular complexity index is 214. The summed E-state index contributed by atoms with van der Waals surface area (Å²) in [5.41, 5.74) is 0. The molecule has 3 heteroatoms. The molecule has 1 rings (SSSR count). The number of hydrogen-bond donors (Lipinski definition) is 0. The van der Waals surface area contributed by atoms with Gasteiger partial charge >= 0.3 is 0 Å². The maximum Gasteiger partial charge on any atom is 0.107 e. The third-order valence-electron chi connectivity index (χ3n) is 3.01. The molecule has 1 unspecified atom stereocenters. The fourth-order valence-corrected chi connectivity index (χ4v) is 2.10. The number of hydrogen-bond acceptors (Lipinski definition) is 3. The van der Waals surface area contributed by atoms with Gasteiger partial charge in [-0.05, 0) is 33.6 Å². The molecule has 1 saturated heterocycles. The van der Waals surface area contributed by atoms with Crippen LogP contribution >= 0.6 is 0 Å². The highest BCUT2D eigenvalue weighted by Gasteiger charge is 2.37. The minimum Gasteiger partial charge on any atom is -0.376 e. The lowest BCUT2D eigenvalue weighted by Gasteiger charge is -2.22. The van der Waals surface area contributed by atoms with Gasteiger partial charge in [0.25, 0.3) is 0 Å². The first kappa shape index (κ1) is 14.9. The summed E-state index contributed by atoms with van der Waals surface area (Å²) < 4.78 is 17.6. The Kier molecular flexibility index (Phi) is 5.90. The molecule has 0 saturated carbocycles. The van der Waals surface area contributed by atoms with Gasteiger partial charge in [-0.3, -0.25) is 0 Å². The summed E-state index contributed by atoms with van der Waals surface area (Å²) >= 11 is 0. The van der Waals surface area contributed by atoms with Crippen molar-refractivity contribution < 1.29 is 14.2 Å². The normalized spacial score (nSPS) is 29.8. The highest BCUT2D eigenvalue weighted by molar-refractivity contribution is 4.85. The average molecular weight is 244 g/mol. The molecule has 102 valence electrons. The van der Waals surface area contributed by atoms with Gasteiger partial charge in [-0.2, -0.15) is 0 Å². The van der Waals surface area contributed by atoms with E-state index in [2.05, 4.69) is 27.7 Å². The molecule has 3 atom stereocenters. The molecule has 1 aliphatic heterocycles. The van der Waals surface area contributed by atoms with Crippen LogP contribution in [0.15, 0.2) is 0 Å². The van der Waals surface area contributed by atoms with Gasteiger partial charge in [0.05, 0.1) is 31.0 Å². The topological polar surface area (TPSA) is 27.7 Å². The SMILES string of the molecule is CC(C)OC[C@H]1O[C@@H](C(C)C)CC1OC(C)C. The third-order valence-corrected chi connectivity index (χ3v) is 3.01. The van der Waals surface area contributed by atoms with E-state index in [1.807, 2.05) is 13.8 Å². The number of rotatable bonds is 6. The smallest absolute Gasteiger partial charge is 0.107 e. The van der Waals surface area contributed by atoms with Crippen LogP contribution in [-0.4, -0.2) is 37.1 Å². The van der Waals surface area contributed by atoms with Gasteiger partial charge in [-0.1, -0.05) is 13.8 Å². The molecule has 0 spiro atoms. The zero-order valence-corrected chi connectivity index (χ0v) is 12.1. The van der Waals surface area contributed by atoms with Gasteiger partial charge in [0.1, 0.15) is 6.10 Å². The van der Waals surface area contributed by atoms with E-state index in [1.165, 1.54) is 0 Å². The summed E-state index contributed by atoms with van der Waals surface area (Å²) in [7, 11) is 0. The van der Waals surface area contributed by atoms with E-state index in [4.69, 9.17) is 14.2 Å². The van der Waals surface area contributed by atoms with Crippen LogP contribution in [0.3, 0.4) is 0 Å². The Balaban J connectivity index is 2.50. The quantitative estimate of drug-likeness (QED) is 0.719. The molecule has 0 aromatic rings. The molecule has 1 fully saturated rings. The van der Waals surface area contributed by atoms with Gasteiger partial charge < -0.3 is 14.2 Å². The van der Waals surface area contributed by atoms with Crippen molar-refractivity contribution in [3.63, 3.8) is 0 Å². The Morgan fingerprint density at radius 1 is 1.06 bits per heavy atom. The molecular weight excluding hydrogens is 216 g/mol. The molecule has 0 aliphatic carbocycles. The van der Waals surface area contributed by atoms with E-state index in [-0.39, 0.29) is 24.4 Å². The second kappa shape index (κ2) is 6.72. The zero-order valence-electron chi connectivity index (χ0n) is 12.1. The first-order valence-electron chi connectivity index (χ1n) is 6.82. The van der Waals surface area contributed by atoms with Crippen molar-refractivity contribution in [1.29, 1.82) is 0 Å². The Hall–Kier alpha value is -0.120. The average Bonchev–Trinajstić information content (AvgIpc) is 2.57. The summed E-state index contributed by atoms with van der Waals surface area (Å²) in [5.74, 6) is 0.539. The summed E-state index contributed by atoms with van der Waals surface area (Å²) in [5, 5.41) is 0. The molecule has 0 aromatic carbocycles. The zero-order chi connectivity index (χ0) is 13.0. The van der Waals surface area contributed by atoms with E-state index in [0.29, 0.717) is 18.6 Å². The van der Waals surface area contributed by atoms with Crippen LogP contribution in [-0.2, 0) is 14.2 Å². The third kappa shape index (κ3) is 4.94. The highest BCUT2D eigenvalue weighted by atomic mass is 16.6. The maximum atomic E-state index is 6.04. The summed E-state index contributed by atoms with van der Waals surface area (Å²) in [4.78, 5) is 0. The van der Waals surface area contributed by atoms with Crippen molar-refractivity contribution in [3.05, 3.63) is 0 Å². The lowest BCUT2D eigenvalue weighted by atomic mass is 10.0. The van der Waals surface area contributed by atoms with Crippen molar-refractivity contribution in [2.45, 2.75) is 78.5 Å². The van der Waals surface area contributed by atoms with Gasteiger partial charge in [0.2, 0.25) is 0 Å². The van der Waals surface area contributed by atoms with Crippen molar-refractivity contribution in [1.82, 2.24) is 0 Å². The van der Waals surface area contributed by atoms with E-state index >= 15 is 0 Å². The second-order valence-electron chi connectivity index (χ2n) is 5.80. The van der Waals surface area contributed by atoms with Crippen molar-refractivity contribution >= 4 is 0 Å². The predicted octanol–water partition coefficient (Wildman–Crippen LogP) is 3.02. The van der Waals surface area contributed by atoms with Crippen LogP contribution in [0.25, 0.3) is 0 Å². The van der Waals surface area contributed by atoms with Crippen LogP contribution < -0.4 is 0 Å². The highest BCUT2D eigenvalue weighted by Crippen LogP contribution is 2.29. The van der Waals surface area contributed by atoms with Gasteiger partial charge in [0.15, 0.2) is 0 Å². The molecule has 1 heterocycles. The molecule has 1 aliphatic rings. The monoisotopic (exact) mass is 244 g/mol. The molecule has 0 bridgehead atoms. The van der Waals surface area contributed by atoms with Crippen molar-refractivity contribution in [3.8, 4) is 0 Å². The largest absolute Gasteiger partial charge is 0.376 e. The predicted molar refractivity (Wildman–Crippen MR) is 69.2 cm³/mol. The maximum absolute atomic E-state index is 6.04. The Labute approximate surface area is 106 Å². The van der Waals surface area contributed by atoms with Gasteiger partial charge in [-0.25, -0.2) is 0 Å². The molecular formula is C14H28O3. The lowest BCUT2D eigenvalue weighted by Crippen LogP contribution is -2.32. The van der Waals surface area contributed by atoms with E-state index in [9.17, 15) is 0 Å².